The number of methoxy groups -OCH3 is 1. The third kappa shape index (κ3) is 4.30. The Morgan fingerprint density at radius 3 is 2.70 bits per heavy atom. The van der Waals surface area contributed by atoms with Crippen molar-refractivity contribution in [3.8, 4) is 28.8 Å². The molecule has 0 bridgehead atoms. The number of aromatic nitrogens is 1. The summed E-state index contributed by atoms with van der Waals surface area (Å²) in [5, 5.41) is 12.9. The van der Waals surface area contributed by atoms with Gasteiger partial charge >= 0.3 is 0 Å². The highest BCUT2D eigenvalue weighted by atomic mass is 35.5. The molecule has 0 unspecified atom stereocenters. The summed E-state index contributed by atoms with van der Waals surface area (Å²) in [5.41, 5.74) is 2.99. The standard InChI is InChI=1S/C21H17ClN2O2S/c1-3-26-19-6-4-5-15(20(19)25-2)11-16(12-23)21-24-18(13-27-21)14-7-9-17(22)10-8-14/h4-11,13H,3H2,1-2H3/b16-11+. The van der Waals surface area contributed by atoms with Crippen LogP contribution in [0.3, 0.4) is 0 Å². The highest BCUT2D eigenvalue weighted by Gasteiger charge is 2.13. The molecular formula is C21H17ClN2O2S. The molecule has 0 radical (unpaired) electrons. The number of para-hydroxylation sites is 1. The molecule has 0 spiro atoms. The van der Waals surface area contributed by atoms with E-state index in [9.17, 15) is 5.26 Å². The van der Waals surface area contributed by atoms with Gasteiger partial charge in [-0.05, 0) is 31.2 Å². The molecule has 0 aliphatic rings. The molecule has 136 valence electrons. The molecule has 0 amide bonds. The Morgan fingerprint density at radius 1 is 1.26 bits per heavy atom. The second-order valence-electron chi connectivity index (χ2n) is 5.53. The van der Waals surface area contributed by atoms with E-state index in [1.54, 1.807) is 13.2 Å². The maximum absolute atomic E-state index is 9.65. The Kier molecular flexibility index (Phi) is 6.12. The fourth-order valence-corrected chi connectivity index (χ4v) is 3.50. The van der Waals surface area contributed by atoms with E-state index in [2.05, 4.69) is 11.1 Å². The molecule has 6 heteroatoms. The van der Waals surface area contributed by atoms with E-state index >= 15 is 0 Å². The lowest BCUT2D eigenvalue weighted by atomic mass is 10.1. The molecule has 3 rings (SSSR count). The summed E-state index contributed by atoms with van der Waals surface area (Å²) in [6.45, 7) is 2.45. The summed E-state index contributed by atoms with van der Waals surface area (Å²) in [4.78, 5) is 4.60. The number of benzene rings is 2. The smallest absolute Gasteiger partial charge is 0.167 e. The number of allylic oxidation sites excluding steroid dienone is 1. The molecule has 4 nitrogen and oxygen atoms in total. The fraction of sp³-hybridized carbons (Fsp3) is 0.143. The van der Waals surface area contributed by atoms with Gasteiger partial charge in [0, 0.05) is 21.5 Å². The van der Waals surface area contributed by atoms with E-state index in [1.807, 2.05) is 54.8 Å². The second-order valence-corrected chi connectivity index (χ2v) is 6.82. The molecule has 0 aliphatic carbocycles. The van der Waals surface area contributed by atoms with Crippen LogP contribution in [0, 0.1) is 11.3 Å². The van der Waals surface area contributed by atoms with Crippen molar-refractivity contribution < 1.29 is 9.47 Å². The molecule has 0 saturated heterocycles. The summed E-state index contributed by atoms with van der Waals surface area (Å²) in [6, 6.07) is 15.3. The van der Waals surface area contributed by atoms with E-state index in [-0.39, 0.29) is 0 Å². The number of hydrogen-bond acceptors (Lipinski definition) is 5. The van der Waals surface area contributed by atoms with Gasteiger partial charge in [0.05, 0.1) is 25.0 Å². The third-order valence-corrected chi connectivity index (χ3v) is 4.94. The summed E-state index contributed by atoms with van der Waals surface area (Å²) < 4.78 is 11.1. The first-order valence-electron chi connectivity index (χ1n) is 8.29. The summed E-state index contributed by atoms with van der Waals surface area (Å²) >= 11 is 7.36. The summed E-state index contributed by atoms with van der Waals surface area (Å²) in [6.07, 6.45) is 1.77. The van der Waals surface area contributed by atoms with Crippen LogP contribution >= 0.6 is 22.9 Å². The van der Waals surface area contributed by atoms with Crippen molar-refractivity contribution >= 4 is 34.6 Å². The molecule has 1 heterocycles. The Labute approximate surface area is 167 Å². The van der Waals surface area contributed by atoms with Gasteiger partial charge in [0.25, 0.3) is 0 Å². The van der Waals surface area contributed by atoms with Crippen molar-refractivity contribution in [3.05, 3.63) is 63.4 Å². The van der Waals surface area contributed by atoms with Gasteiger partial charge in [-0.15, -0.1) is 11.3 Å². The van der Waals surface area contributed by atoms with E-state index in [0.717, 1.165) is 16.8 Å². The Bertz CT molecular complexity index is 1000. The maximum Gasteiger partial charge on any atom is 0.167 e. The maximum atomic E-state index is 9.65. The minimum Gasteiger partial charge on any atom is -0.492 e. The van der Waals surface area contributed by atoms with Crippen molar-refractivity contribution in [3.63, 3.8) is 0 Å². The first kappa shape index (κ1) is 19.0. The highest BCUT2D eigenvalue weighted by Crippen LogP contribution is 2.34. The molecule has 2 aromatic carbocycles. The number of nitrogens with zero attached hydrogens (tertiary/aromatic N) is 2. The average molecular weight is 397 g/mol. The molecule has 1 aromatic heterocycles. The lowest BCUT2D eigenvalue weighted by molar-refractivity contribution is 0.310. The molecule has 0 atom stereocenters. The van der Waals surface area contributed by atoms with E-state index < -0.39 is 0 Å². The lowest BCUT2D eigenvalue weighted by Gasteiger charge is -2.11. The van der Waals surface area contributed by atoms with Crippen LogP contribution in [0.5, 0.6) is 11.5 Å². The summed E-state index contributed by atoms with van der Waals surface area (Å²) in [7, 11) is 1.59. The number of hydrogen-bond donors (Lipinski definition) is 0. The normalized spacial score (nSPS) is 11.1. The molecule has 0 fully saturated rings. The number of ether oxygens (including phenoxy) is 2. The molecule has 27 heavy (non-hydrogen) atoms. The fourth-order valence-electron chi connectivity index (χ4n) is 2.58. The topological polar surface area (TPSA) is 55.1 Å². The van der Waals surface area contributed by atoms with Crippen molar-refractivity contribution in [1.82, 2.24) is 4.98 Å². The van der Waals surface area contributed by atoms with Crippen LogP contribution in [0.15, 0.2) is 47.8 Å². The first-order chi connectivity index (χ1) is 13.2. The van der Waals surface area contributed by atoms with Crippen LogP contribution in [-0.2, 0) is 0 Å². The molecule has 0 saturated carbocycles. The van der Waals surface area contributed by atoms with Gasteiger partial charge in [-0.25, -0.2) is 4.98 Å². The minimum absolute atomic E-state index is 0.465. The van der Waals surface area contributed by atoms with Crippen LogP contribution in [0.1, 0.15) is 17.5 Å². The molecule has 0 aliphatic heterocycles. The predicted molar refractivity (Wildman–Crippen MR) is 110 cm³/mol. The van der Waals surface area contributed by atoms with Gasteiger partial charge in [-0.2, -0.15) is 5.26 Å². The number of thiazole rings is 1. The third-order valence-electron chi connectivity index (χ3n) is 3.81. The van der Waals surface area contributed by atoms with Crippen LogP contribution in [0.2, 0.25) is 5.02 Å². The zero-order valence-corrected chi connectivity index (χ0v) is 16.5. The van der Waals surface area contributed by atoms with Crippen molar-refractivity contribution in [2.75, 3.05) is 13.7 Å². The lowest BCUT2D eigenvalue weighted by Crippen LogP contribution is -1.97. The zero-order chi connectivity index (χ0) is 19.2. The number of halogens is 1. The second kappa shape index (κ2) is 8.72. The van der Waals surface area contributed by atoms with Gasteiger partial charge in [-0.3, -0.25) is 0 Å². The van der Waals surface area contributed by atoms with Crippen molar-refractivity contribution in [2.24, 2.45) is 0 Å². The molecule has 3 aromatic rings. The van der Waals surface area contributed by atoms with Gasteiger partial charge in [0.15, 0.2) is 11.5 Å². The highest BCUT2D eigenvalue weighted by molar-refractivity contribution is 7.11. The average Bonchev–Trinajstić information content (AvgIpc) is 3.17. The molecule has 0 N–H and O–H groups in total. The first-order valence-corrected chi connectivity index (χ1v) is 9.55. The van der Waals surface area contributed by atoms with Crippen LogP contribution in [0.25, 0.3) is 22.9 Å². The SMILES string of the molecule is CCOc1cccc(/C=C(\C#N)c2nc(-c3ccc(Cl)cc3)cs2)c1OC. The zero-order valence-electron chi connectivity index (χ0n) is 14.9. The Morgan fingerprint density at radius 2 is 2.04 bits per heavy atom. The summed E-state index contributed by atoms with van der Waals surface area (Å²) in [5.74, 6) is 1.24. The Balaban J connectivity index is 1.98. The molecular weight excluding hydrogens is 380 g/mol. The van der Waals surface area contributed by atoms with Crippen LogP contribution in [0.4, 0.5) is 0 Å². The number of nitriles is 1. The monoisotopic (exact) mass is 396 g/mol. The van der Waals surface area contributed by atoms with E-state index in [0.29, 0.717) is 33.7 Å². The van der Waals surface area contributed by atoms with Gasteiger partial charge < -0.3 is 9.47 Å². The number of rotatable bonds is 6. The minimum atomic E-state index is 0.465. The van der Waals surface area contributed by atoms with Crippen molar-refractivity contribution in [2.45, 2.75) is 6.92 Å². The van der Waals surface area contributed by atoms with Gasteiger partial charge in [-0.1, -0.05) is 35.9 Å². The largest absolute Gasteiger partial charge is 0.492 e. The quantitative estimate of drug-likeness (QED) is 0.484. The predicted octanol–water partition coefficient (Wildman–Crippen LogP) is 5.93. The van der Waals surface area contributed by atoms with Crippen LogP contribution < -0.4 is 9.47 Å². The van der Waals surface area contributed by atoms with E-state index in [1.165, 1.54) is 11.3 Å². The van der Waals surface area contributed by atoms with Gasteiger partial charge in [0.2, 0.25) is 0 Å². The van der Waals surface area contributed by atoms with Crippen molar-refractivity contribution in [1.29, 1.82) is 5.26 Å². The Hall–Kier alpha value is -2.81. The van der Waals surface area contributed by atoms with Crippen LogP contribution in [-0.4, -0.2) is 18.7 Å². The van der Waals surface area contributed by atoms with Gasteiger partial charge in [0.1, 0.15) is 11.1 Å². The van der Waals surface area contributed by atoms with E-state index in [4.69, 9.17) is 21.1 Å².